The maximum Gasteiger partial charge on any atom is 0.0369 e. The molecule has 1 saturated heterocycles. The molecule has 0 radical (unpaired) electrons. The van der Waals surface area contributed by atoms with Crippen molar-refractivity contribution in [2.24, 2.45) is 11.7 Å². The molecule has 1 fully saturated rings. The van der Waals surface area contributed by atoms with Gasteiger partial charge in [0.2, 0.25) is 0 Å². The van der Waals surface area contributed by atoms with Crippen molar-refractivity contribution in [3.05, 3.63) is 29.8 Å². The summed E-state index contributed by atoms with van der Waals surface area (Å²) in [5.41, 5.74) is 8.31. The van der Waals surface area contributed by atoms with Gasteiger partial charge in [0.15, 0.2) is 0 Å². The first-order valence-corrected chi connectivity index (χ1v) is 7.93. The summed E-state index contributed by atoms with van der Waals surface area (Å²) in [7, 11) is 0. The van der Waals surface area contributed by atoms with E-state index in [0.717, 1.165) is 32.0 Å². The van der Waals surface area contributed by atoms with E-state index in [1.807, 2.05) is 0 Å². The van der Waals surface area contributed by atoms with Gasteiger partial charge in [0.25, 0.3) is 0 Å². The third kappa shape index (κ3) is 4.50. The third-order valence-electron chi connectivity index (χ3n) is 4.21. The number of anilines is 1. The molecule has 1 aliphatic rings. The van der Waals surface area contributed by atoms with Crippen molar-refractivity contribution in [2.45, 2.75) is 26.7 Å². The number of piperazine rings is 1. The number of benzene rings is 1. The van der Waals surface area contributed by atoms with Crippen LogP contribution in [0, 0.1) is 12.8 Å². The van der Waals surface area contributed by atoms with Crippen LogP contribution in [0.4, 0.5) is 5.69 Å². The topological polar surface area (TPSA) is 32.5 Å². The molecule has 3 nitrogen and oxygen atoms in total. The summed E-state index contributed by atoms with van der Waals surface area (Å²) >= 11 is 0. The lowest BCUT2D eigenvalue weighted by Gasteiger charge is -2.37. The van der Waals surface area contributed by atoms with Crippen LogP contribution < -0.4 is 10.6 Å². The van der Waals surface area contributed by atoms with Gasteiger partial charge in [-0.05, 0) is 49.9 Å². The van der Waals surface area contributed by atoms with E-state index in [-0.39, 0.29) is 0 Å². The summed E-state index contributed by atoms with van der Waals surface area (Å²) in [6.07, 6.45) is 2.42. The Kier molecular flexibility index (Phi) is 5.86. The van der Waals surface area contributed by atoms with Crippen LogP contribution in [0.15, 0.2) is 24.3 Å². The highest BCUT2D eigenvalue weighted by Crippen LogP contribution is 2.18. The van der Waals surface area contributed by atoms with E-state index < -0.39 is 0 Å². The normalized spacial score (nSPS) is 18.2. The monoisotopic (exact) mass is 275 g/mol. The minimum atomic E-state index is 0.768. The Labute approximate surface area is 123 Å². The largest absolute Gasteiger partial charge is 0.369 e. The fourth-order valence-electron chi connectivity index (χ4n) is 3.01. The van der Waals surface area contributed by atoms with Crippen molar-refractivity contribution >= 4 is 5.69 Å². The highest BCUT2D eigenvalue weighted by molar-refractivity contribution is 5.48. The molecule has 112 valence electrons. The van der Waals surface area contributed by atoms with Gasteiger partial charge < -0.3 is 10.6 Å². The fourth-order valence-corrected chi connectivity index (χ4v) is 3.01. The predicted molar refractivity (Wildman–Crippen MR) is 87.3 cm³/mol. The van der Waals surface area contributed by atoms with Gasteiger partial charge in [0.1, 0.15) is 0 Å². The number of nitrogens with two attached hydrogens (primary N) is 1. The van der Waals surface area contributed by atoms with Crippen molar-refractivity contribution in [1.29, 1.82) is 0 Å². The van der Waals surface area contributed by atoms with Crippen LogP contribution in [0.5, 0.6) is 0 Å². The Hall–Kier alpha value is -1.06. The number of hydrogen-bond acceptors (Lipinski definition) is 3. The Morgan fingerprint density at radius 2 is 1.95 bits per heavy atom. The Bertz CT molecular complexity index is 397. The maximum atomic E-state index is 5.58. The van der Waals surface area contributed by atoms with Crippen molar-refractivity contribution in [3.8, 4) is 0 Å². The van der Waals surface area contributed by atoms with E-state index in [4.69, 9.17) is 5.73 Å². The van der Waals surface area contributed by atoms with Crippen molar-refractivity contribution in [3.63, 3.8) is 0 Å². The molecule has 0 saturated carbocycles. The molecule has 0 bridgehead atoms. The summed E-state index contributed by atoms with van der Waals surface area (Å²) < 4.78 is 0. The van der Waals surface area contributed by atoms with Gasteiger partial charge in [-0.25, -0.2) is 0 Å². The molecule has 1 aromatic carbocycles. The molecule has 2 N–H and O–H groups in total. The zero-order valence-electron chi connectivity index (χ0n) is 13.0. The Balaban J connectivity index is 1.77. The summed E-state index contributed by atoms with van der Waals surface area (Å²) in [6.45, 7) is 11.2. The van der Waals surface area contributed by atoms with Gasteiger partial charge in [-0.3, -0.25) is 4.90 Å². The van der Waals surface area contributed by atoms with E-state index in [2.05, 4.69) is 47.9 Å². The Morgan fingerprint density at radius 3 is 2.60 bits per heavy atom. The molecular weight excluding hydrogens is 246 g/mol. The molecule has 0 aromatic heterocycles. The Morgan fingerprint density at radius 1 is 1.20 bits per heavy atom. The predicted octanol–water partition coefficient (Wildman–Crippen LogP) is 2.49. The second-order valence-corrected chi connectivity index (χ2v) is 6.16. The van der Waals surface area contributed by atoms with Crippen LogP contribution in [0.1, 0.15) is 25.3 Å². The van der Waals surface area contributed by atoms with Gasteiger partial charge in [0.05, 0.1) is 0 Å². The van der Waals surface area contributed by atoms with Crippen molar-refractivity contribution in [2.75, 3.05) is 44.2 Å². The molecule has 1 unspecified atom stereocenters. The summed E-state index contributed by atoms with van der Waals surface area (Å²) in [4.78, 5) is 5.11. The number of nitrogens with zero attached hydrogens (tertiary/aromatic N) is 2. The second kappa shape index (κ2) is 7.65. The minimum Gasteiger partial charge on any atom is -0.369 e. The molecule has 2 rings (SSSR count). The molecule has 0 amide bonds. The van der Waals surface area contributed by atoms with Crippen LogP contribution in [-0.2, 0) is 0 Å². The first kappa shape index (κ1) is 15.3. The molecular formula is C17H29N3. The molecule has 1 aliphatic heterocycles. The van der Waals surface area contributed by atoms with Gasteiger partial charge in [0, 0.05) is 38.4 Å². The van der Waals surface area contributed by atoms with Crippen LogP contribution in [0.3, 0.4) is 0 Å². The first-order chi connectivity index (χ1) is 9.69. The number of aryl methyl sites for hydroxylation is 1. The lowest BCUT2D eigenvalue weighted by atomic mass is 10.0. The lowest BCUT2D eigenvalue weighted by molar-refractivity contribution is 0.219. The number of hydrogen-bond donors (Lipinski definition) is 1. The minimum absolute atomic E-state index is 0.768. The van der Waals surface area contributed by atoms with Crippen LogP contribution >= 0.6 is 0 Å². The van der Waals surface area contributed by atoms with Gasteiger partial charge in [-0.2, -0.15) is 0 Å². The molecule has 1 aromatic rings. The third-order valence-corrected chi connectivity index (χ3v) is 4.21. The van der Waals surface area contributed by atoms with E-state index in [1.165, 1.54) is 37.3 Å². The maximum absolute atomic E-state index is 5.58. The zero-order valence-corrected chi connectivity index (χ0v) is 13.0. The molecule has 20 heavy (non-hydrogen) atoms. The van der Waals surface area contributed by atoms with Gasteiger partial charge in [-0.15, -0.1) is 0 Å². The van der Waals surface area contributed by atoms with Gasteiger partial charge in [-0.1, -0.05) is 19.1 Å². The molecule has 3 heteroatoms. The summed E-state index contributed by atoms with van der Waals surface area (Å²) in [6, 6.07) is 8.84. The molecule has 0 aliphatic carbocycles. The van der Waals surface area contributed by atoms with Crippen LogP contribution in [0.25, 0.3) is 0 Å². The summed E-state index contributed by atoms with van der Waals surface area (Å²) in [5, 5.41) is 0. The van der Waals surface area contributed by atoms with E-state index in [0.29, 0.717) is 0 Å². The highest BCUT2D eigenvalue weighted by Gasteiger charge is 2.18. The van der Waals surface area contributed by atoms with E-state index >= 15 is 0 Å². The molecule has 1 atom stereocenters. The average molecular weight is 275 g/mol. The van der Waals surface area contributed by atoms with E-state index in [1.54, 1.807) is 0 Å². The molecule has 1 heterocycles. The lowest BCUT2D eigenvalue weighted by Crippen LogP contribution is -2.47. The standard InChI is InChI=1S/C17H29N3/c1-15-5-3-7-17(13-15)20-11-9-19(10-12-20)14-16(2)6-4-8-18/h3,5,7,13,16H,4,6,8-12,14,18H2,1-2H3. The number of rotatable bonds is 6. The van der Waals surface area contributed by atoms with Crippen LogP contribution in [-0.4, -0.2) is 44.2 Å². The van der Waals surface area contributed by atoms with Crippen molar-refractivity contribution in [1.82, 2.24) is 4.90 Å². The fraction of sp³-hybridized carbons (Fsp3) is 0.647. The average Bonchev–Trinajstić information content (AvgIpc) is 2.46. The second-order valence-electron chi connectivity index (χ2n) is 6.16. The van der Waals surface area contributed by atoms with Crippen LogP contribution in [0.2, 0.25) is 0 Å². The zero-order chi connectivity index (χ0) is 14.4. The van der Waals surface area contributed by atoms with Gasteiger partial charge >= 0.3 is 0 Å². The van der Waals surface area contributed by atoms with E-state index in [9.17, 15) is 0 Å². The SMILES string of the molecule is Cc1cccc(N2CCN(CC(C)CCCN)CC2)c1. The highest BCUT2D eigenvalue weighted by atomic mass is 15.3. The summed E-state index contributed by atoms with van der Waals surface area (Å²) in [5.74, 6) is 0.768. The molecule has 0 spiro atoms. The first-order valence-electron chi connectivity index (χ1n) is 7.93. The van der Waals surface area contributed by atoms with Crippen molar-refractivity contribution < 1.29 is 0 Å². The smallest absolute Gasteiger partial charge is 0.0369 e. The quantitative estimate of drug-likeness (QED) is 0.866.